The van der Waals surface area contributed by atoms with Crippen LogP contribution in [0.1, 0.15) is 43.4 Å². The van der Waals surface area contributed by atoms with E-state index >= 15 is 0 Å². The Morgan fingerprint density at radius 3 is 2.54 bits per heavy atom. The Morgan fingerprint density at radius 1 is 1.19 bits per heavy atom. The molecular weight excluding hydrogens is 348 g/mol. The van der Waals surface area contributed by atoms with E-state index in [2.05, 4.69) is 10.3 Å². The van der Waals surface area contributed by atoms with Crippen molar-refractivity contribution >= 4 is 23.2 Å². The molecule has 0 spiro atoms. The Bertz CT molecular complexity index is 777. The van der Waals surface area contributed by atoms with Gasteiger partial charge in [0.1, 0.15) is 5.01 Å². The average molecular weight is 372 g/mol. The largest absolute Gasteiger partial charge is 0.481 e. The molecule has 6 heteroatoms. The second-order valence-corrected chi connectivity index (χ2v) is 7.97. The van der Waals surface area contributed by atoms with Crippen molar-refractivity contribution < 1.29 is 14.7 Å². The van der Waals surface area contributed by atoms with E-state index in [9.17, 15) is 14.7 Å². The molecule has 5 nitrogen and oxygen atoms in total. The van der Waals surface area contributed by atoms with E-state index in [4.69, 9.17) is 0 Å². The van der Waals surface area contributed by atoms with Crippen LogP contribution in [0.4, 0.5) is 0 Å². The number of hydrogen-bond acceptors (Lipinski definition) is 4. The molecule has 26 heavy (non-hydrogen) atoms. The minimum Gasteiger partial charge on any atom is -0.481 e. The van der Waals surface area contributed by atoms with Crippen molar-refractivity contribution in [3.05, 3.63) is 40.9 Å². The quantitative estimate of drug-likeness (QED) is 0.808. The molecule has 138 valence electrons. The summed E-state index contributed by atoms with van der Waals surface area (Å²) in [5, 5.41) is 15.2. The predicted molar refractivity (Wildman–Crippen MR) is 102 cm³/mol. The highest BCUT2D eigenvalue weighted by atomic mass is 32.1. The van der Waals surface area contributed by atoms with Gasteiger partial charge in [0.15, 0.2) is 0 Å². The highest BCUT2D eigenvalue weighted by Gasteiger charge is 2.39. The predicted octanol–water partition coefficient (Wildman–Crippen LogP) is 3.81. The molecular formula is C20H24N2O3S. The van der Waals surface area contributed by atoms with Crippen LogP contribution in [-0.2, 0) is 16.0 Å². The lowest BCUT2D eigenvalue weighted by molar-refractivity contribution is -0.151. The van der Waals surface area contributed by atoms with Gasteiger partial charge in [0.25, 0.3) is 0 Å². The van der Waals surface area contributed by atoms with E-state index in [1.54, 1.807) is 0 Å². The second kappa shape index (κ2) is 7.99. The van der Waals surface area contributed by atoms with E-state index in [-0.39, 0.29) is 18.9 Å². The first kappa shape index (κ1) is 18.6. The summed E-state index contributed by atoms with van der Waals surface area (Å²) in [6, 6.07) is 8.13. The van der Waals surface area contributed by atoms with Gasteiger partial charge in [-0.1, -0.05) is 49.1 Å². The zero-order valence-corrected chi connectivity index (χ0v) is 15.8. The number of carboxylic acid groups (broad SMARTS) is 1. The van der Waals surface area contributed by atoms with Gasteiger partial charge in [0, 0.05) is 17.5 Å². The molecule has 0 bridgehead atoms. The molecule has 1 fully saturated rings. The fourth-order valence-corrected chi connectivity index (χ4v) is 4.23. The van der Waals surface area contributed by atoms with Crippen molar-refractivity contribution in [3.63, 3.8) is 0 Å². The van der Waals surface area contributed by atoms with Gasteiger partial charge >= 0.3 is 5.97 Å². The fraction of sp³-hybridized carbons (Fsp3) is 0.450. The van der Waals surface area contributed by atoms with E-state index in [1.807, 2.05) is 36.6 Å². The summed E-state index contributed by atoms with van der Waals surface area (Å²) in [6.07, 6.45) is 4.34. The lowest BCUT2D eigenvalue weighted by atomic mass is 9.74. The first-order valence-electron chi connectivity index (χ1n) is 9.00. The monoisotopic (exact) mass is 372 g/mol. The second-order valence-electron chi connectivity index (χ2n) is 7.11. The number of carboxylic acids is 1. The lowest BCUT2D eigenvalue weighted by Gasteiger charge is -2.33. The number of aliphatic carboxylic acids is 1. The number of amides is 1. The summed E-state index contributed by atoms with van der Waals surface area (Å²) in [5.74, 6) is -0.968. The smallest absolute Gasteiger partial charge is 0.311 e. The third-order valence-electron chi connectivity index (χ3n) is 5.08. The van der Waals surface area contributed by atoms with Crippen molar-refractivity contribution in [1.82, 2.24) is 10.3 Å². The third-order valence-corrected chi connectivity index (χ3v) is 6.02. The molecule has 1 aliphatic rings. The van der Waals surface area contributed by atoms with Crippen LogP contribution < -0.4 is 5.32 Å². The SMILES string of the molecule is Cc1ccc(-c2nc(CC(=O)NCC3(C(=O)O)CCCCC3)cs2)cc1. The van der Waals surface area contributed by atoms with E-state index in [0.717, 1.165) is 35.5 Å². The fourth-order valence-electron chi connectivity index (χ4n) is 3.41. The Hall–Kier alpha value is -2.21. The molecule has 1 amide bonds. The van der Waals surface area contributed by atoms with Crippen molar-refractivity contribution in [3.8, 4) is 10.6 Å². The van der Waals surface area contributed by atoms with Gasteiger partial charge in [-0.25, -0.2) is 4.98 Å². The molecule has 0 unspecified atom stereocenters. The number of nitrogens with zero attached hydrogens (tertiary/aromatic N) is 1. The van der Waals surface area contributed by atoms with E-state index < -0.39 is 11.4 Å². The standard InChI is InChI=1S/C20H24N2O3S/c1-14-5-7-15(8-6-14)18-22-16(12-26-18)11-17(23)21-13-20(19(24)25)9-3-2-4-10-20/h5-8,12H,2-4,9-11,13H2,1H3,(H,21,23)(H,24,25). The maximum atomic E-state index is 12.3. The van der Waals surface area contributed by atoms with Gasteiger partial charge in [0.2, 0.25) is 5.91 Å². The van der Waals surface area contributed by atoms with Crippen molar-refractivity contribution in [2.45, 2.75) is 45.4 Å². The number of carbonyl (C=O) groups is 2. The minimum absolute atomic E-state index is 0.169. The molecule has 0 radical (unpaired) electrons. The van der Waals surface area contributed by atoms with Gasteiger partial charge in [-0.15, -0.1) is 11.3 Å². The number of aromatic nitrogens is 1. The molecule has 3 rings (SSSR count). The normalized spacial score (nSPS) is 16.2. The summed E-state index contributed by atoms with van der Waals surface area (Å²) >= 11 is 1.52. The first-order chi connectivity index (χ1) is 12.5. The third kappa shape index (κ3) is 4.30. The number of nitrogens with one attached hydrogen (secondary N) is 1. The van der Waals surface area contributed by atoms with Crippen molar-refractivity contribution in [2.75, 3.05) is 6.54 Å². The Labute approximate surface area is 157 Å². The number of rotatable bonds is 6. The maximum Gasteiger partial charge on any atom is 0.311 e. The summed E-state index contributed by atoms with van der Waals surface area (Å²) in [4.78, 5) is 28.5. The van der Waals surface area contributed by atoms with E-state index in [0.29, 0.717) is 12.8 Å². The van der Waals surface area contributed by atoms with Gasteiger partial charge in [-0.2, -0.15) is 0 Å². The van der Waals surface area contributed by atoms with E-state index in [1.165, 1.54) is 16.9 Å². The zero-order valence-electron chi connectivity index (χ0n) is 15.0. The summed E-state index contributed by atoms with van der Waals surface area (Å²) in [7, 11) is 0. The number of benzene rings is 1. The number of hydrogen-bond donors (Lipinski definition) is 2. The summed E-state index contributed by atoms with van der Waals surface area (Å²) in [6.45, 7) is 2.24. The maximum absolute atomic E-state index is 12.3. The molecule has 0 aliphatic heterocycles. The molecule has 2 aromatic rings. The van der Waals surface area contributed by atoms with Gasteiger partial charge in [-0.05, 0) is 19.8 Å². The number of thiazole rings is 1. The summed E-state index contributed by atoms with van der Waals surface area (Å²) < 4.78 is 0. The first-order valence-corrected chi connectivity index (χ1v) is 9.88. The number of carbonyl (C=O) groups excluding carboxylic acids is 1. The van der Waals surface area contributed by atoms with Gasteiger partial charge < -0.3 is 10.4 Å². The zero-order chi connectivity index (χ0) is 18.6. The topological polar surface area (TPSA) is 79.3 Å². The minimum atomic E-state index is -0.803. The molecule has 1 aromatic heterocycles. The van der Waals surface area contributed by atoms with Crippen LogP contribution in [0.3, 0.4) is 0 Å². The van der Waals surface area contributed by atoms with Crippen LogP contribution in [0.5, 0.6) is 0 Å². The van der Waals surface area contributed by atoms with Crippen LogP contribution >= 0.6 is 11.3 Å². The number of aryl methyl sites for hydroxylation is 1. The van der Waals surface area contributed by atoms with Crippen LogP contribution in [0.15, 0.2) is 29.6 Å². The molecule has 1 heterocycles. The van der Waals surface area contributed by atoms with Crippen LogP contribution in [-0.4, -0.2) is 28.5 Å². The van der Waals surface area contributed by atoms with Crippen LogP contribution in [0.25, 0.3) is 10.6 Å². The van der Waals surface area contributed by atoms with Gasteiger partial charge in [0.05, 0.1) is 17.5 Å². The highest BCUT2D eigenvalue weighted by molar-refractivity contribution is 7.13. The molecule has 1 saturated carbocycles. The Balaban J connectivity index is 1.58. The van der Waals surface area contributed by atoms with Crippen LogP contribution in [0.2, 0.25) is 0 Å². The average Bonchev–Trinajstić information content (AvgIpc) is 3.09. The molecule has 1 aromatic carbocycles. The van der Waals surface area contributed by atoms with Crippen molar-refractivity contribution in [2.24, 2.45) is 5.41 Å². The van der Waals surface area contributed by atoms with Crippen LogP contribution in [0, 0.1) is 12.3 Å². The molecule has 1 aliphatic carbocycles. The lowest BCUT2D eigenvalue weighted by Crippen LogP contribution is -2.44. The van der Waals surface area contributed by atoms with Crippen molar-refractivity contribution in [1.29, 1.82) is 0 Å². The molecule has 0 saturated heterocycles. The molecule has 0 atom stereocenters. The molecule has 2 N–H and O–H groups in total. The Kier molecular flexibility index (Phi) is 5.71. The highest BCUT2D eigenvalue weighted by Crippen LogP contribution is 2.36. The summed E-state index contributed by atoms with van der Waals surface area (Å²) in [5.41, 5.74) is 2.15. The Morgan fingerprint density at radius 2 is 1.88 bits per heavy atom. The van der Waals surface area contributed by atoms with Gasteiger partial charge in [-0.3, -0.25) is 9.59 Å².